The fourth-order valence-electron chi connectivity index (χ4n) is 4.78. The van der Waals surface area contributed by atoms with Crippen molar-refractivity contribution < 1.29 is 4.79 Å². The second-order valence-electron chi connectivity index (χ2n) is 7.59. The summed E-state index contributed by atoms with van der Waals surface area (Å²) >= 11 is 3.37. The molecule has 3 heterocycles. The van der Waals surface area contributed by atoms with Gasteiger partial charge in [0.25, 0.3) is 0 Å². The van der Waals surface area contributed by atoms with Gasteiger partial charge in [-0.25, -0.2) is 4.98 Å². The molecule has 132 valence electrons. The van der Waals surface area contributed by atoms with E-state index in [1.807, 2.05) is 6.07 Å². The summed E-state index contributed by atoms with van der Waals surface area (Å²) in [5.41, 5.74) is 0.589. The second-order valence-corrected chi connectivity index (χ2v) is 8.51. The Balaban J connectivity index is 1.37. The summed E-state index contributed by atoms with van der Waals surface area (Å²) in [4.78, 5) is 21.6. The molecule has 1 aromatic heterocycles. The van der Waals surface area contributed by atoms with Gasteiger partial charge in [-0.2, -0.15) is 5.26 Å². The maximum absolute atomic E-state index is 12.9. The summed E-state index contributed by atoms with van der Waals surface area (Å²) in [6, 6.07) is 4.03. The van der Waals surface area contributed by atoms with Gasteiger partial charge in [-0.3, -0.25) is 4.79 Å². The SMILES string of the molecule is N#Cc1cc(Br)cnc1N1CCC(C(=O)N2CC3CCCC3C2)CC1. The molecular formula is C19H23BrN4O. The van der Waals surface area contributed by atoms with E-state index in [9.17, 15) is 10.1 Å². The van der Waals surface area contributed by atoms with E-state index in [4.69, 9.17) is 0 Å². The third kappa shape index (κ3) is 3.27. The number of halogens is 1. The molecule has 0 N–H and O–H groups in total. The predicted octanol–water partition coefficient (Wildman–Crippen LogP) is 3.19. The second kappa shape index (κ2) is 6.95. The number of hydrogen-bond acceptors (Lipinski definition) is 4. The van der Waals surface area contributed by atoms with Crippen LogP contribution in [0.1, 0.15) is 37.7 Å². The Bertz CT molecular complexity index is 696. The molecule has 4 rings (SSSR count). The summed E-state index contributed by atoms with van der Waals surface area (Å²) in [6.45, 7) is 3.55. The van der Waals surface area contributed by atoms with Gasteiger partial charge in [0.1, 0.15) is 11.9 Å². The third-order valence-corrected chi connectivity index (χ3v) is 6.57. The summed E-state index contributed by atoms with van der Waals surface area (Å²) < 4.78 is 0.817. The van der Waals surface area contributed by atoms with Gasteiger partial charge in [0, 0.05) is 42.8 Å². The van der Waals surface area contributed by atoms with Crippen LogP contribution in [0.25, 0.3) is 0 Å². The van der Waals surface area contributed by atoms with E-state index in [0.717, 1.165) is 61.1 Å². The van der Waals surface area contributed by atoms with Crippen LogP contribution in [-0.4, -0.2) is 42.0 Å². The van der Waals surface area contributed by atoms with E-state index in [2.05, 4.69) is 36.8 Å². The number of rotatable bonds is 2. The molecule has 1 saturated carbocycles. The first kappa shape index (κ1) is 16.8. The first-order valence-corrected chi connectivity index (χ1v) is 10.0. The van der Waals surface area contributed by atoms with E-state index in [0.29, 0.717) is 11.5 Å². The maximum Gasteiger partial charge on any atom is 0.225 e. The molecule has 0 aromatic carbocycles. The minimum atomic E-state index is 0.135. The molecule has 1 aromatic rings. The number of nitrogens with zero attached hydrogens (tertiary/aromatic N) is 4. The molecule has 5 nitrogen and oxygen atoms in total. The molecule has 3 aliphatic rings. The van der Waals surface area contributed by atoms with Crippen molar-refractivity contribution in [2.75, 3.05) is 31.1 Å². The number of nitriles is 1. The van der Waals surface area contributed by atoms with Gasteiger partial charge in [-0.1, -0.05) is 6.42 Å². The molecule has 1 amide bonds. The Morgan fingerprint density at radius 2 is 1.88 bits per heavy atom. The number of amides is 1. The molecule has 2 saturated heterocycles. The fourth-order valence-corrected chi connectivity index (χ4v) is 5.11. The lowest BCUT2D eigenvalue weighted by Crippen LogP contribution is -2.42. The molecule has 0 spiro atoms. The Labute approximate surface area is 157 Å². The first-order chi connectivity index (χ1) is 12.2. The standard InChI is InChI=1S/C19H23BrN4O/c20-17-8-16(9-21)18(22-10-17)23-6-4-13(5-7-23)19(25)24-11-14-2-1-3-15(14)12-24/h8,10,13-15H,1-7,11-12H2. The highest BCUT2D eigenvalue weighted by Crippen LogP contribution is 2.38. The van der Waals surface area contributed by atoms with Gasteiger partial charge in [-0.05, 0) is 59.5 Å². The number of carbonyl (C=O) groups excluding carboxylic acids is 1. The lowest BCUT2D eigenvalue weighted by Gasteiger charge is -2.34. The monoisotopic (exact) mass is 402 g/mol. The van der Waals surface area contributed by atoms with Crippen molar-refractivity contribution in [1.29, 1.82) is 5.26 Å². The van der Waals surface area contributed by atoms with Crippen LogP contribution in [0.4, 0.5) is 5.82 Å². The van der Waals surface area contributed by atoms with Crippen LogP contribution in [0.3, 0.4) is 0 Å². The average molecular weight is 403 g/mol. The molecule has 0 bridgehead atoms. The van der Waals surface area contributed by atoms with E-state index >= 15 is 0 Å². The van der Waals surface area contributed by atoms with Crippen molar-refractivity contribution in [3.8, 4) is 6.07 Å². The zero-order valence-corrected chi connectivity index (χ0v) is 15.9. The smallest absolute Gasteiger partial charge is 0.225 e. The van der Waals surface area contributed by atoms with Crippen molar-refractivity contribution in [2.24, 2.45) is 17.8 Å². The number of aromatic nitrogens is 1. The highest BCUT2D eigenvalue weighted by molar-refractivity contribution is 9.10. The molecule has 2 atom stereocenters. The van der Waals surface area contributed by atoms with Crippen LogP contribution in [0.2, 0.25) is 0 Å². The van der Waals surface area contributed by atoms with E-state index in [-0.39, 0.29) is 5.92 Å². The molecule has 3 fully saturated rings. The van der Waals surface area contributed by atoms with Gasteiger partial charge >= 0.3 is 0 Å². The first-order valence-electron chi connectivity index (χ1n) is 9.25. The van der Waals surface area contributed by atoms with Gasteiger partial charge < -0.3 is 9.80 Å². The topological polar surface area (TPSA) is 60.2 Å². The molecule has 2 aliphatic heterocycles. The number of carbonyl (C=O) groups is 1. The summed E-state index contributed by atoms with van der Waals surface area (Å²) in [6.07, 6.45) is 7.40. The van der Waals surface area contributed by atoms with Gasteiger partial charge in [-0.15, -0.1) is 0 Å². The number of likely N-dealkylation sites (tertiary alicyclic amines) is 1. The van der Waals surface area contributed by atoms with Crippen molar-refractivity contribution in [3.63, 3.8) is 0 Å². The zero-order chi connectivity index (χ0) is 17.4. The lowest BCUT2D eigenvalue weighted by molar-refractivity contribution is -0.135. The summed E-state index contributed by atoms with van der Waals surface area (Å²) in [5.74, 6) is 2.75. The van der Waals surface area contributed by atoms with Crippen molar-refractivity contribution in [1.82, 2.24) is 9.88 Å². The highest BCUT2D eigenvalue weighted by Gasteiger charge is 2.40. The molecule has 2 unspecified atom stereocenters. The minimum absolute atomic E-state index is 0.135. The molecule has 0 radical (unpaired) electrons. The van der Waals surface area contributed by atoms with Gasteiger partial charge in [0.15, 0.2) is 0 Å². The highest BCUT2D eigenvalue weighted by atomic mass is 79.9. The Hall–Kier alpha value is -1.61. The van der Waals surface area contributed by atoms with Crippen molar-refractivity contribution in [3.05, 3.63) is 22.3 Å². The van der Waals surface area contributed by atoms with Crippen molar-refractivity contribution >= 4 is 27.7 Å². The summed E-state index contributed by atoms with van der Waals surface area (Å²) in [7, 11) is 0. The van der Waals surface area contributed by atoms with Crippen LogP contribution in [-0.2, 0) is 4.79 Å². The Morgan fingerprint density at radius 3 is 2.52 bits per heavy atom. The molecular weight excluding hydrogens is 380 g/mol. The van der Waals surface area contributed by atoms with Crippen LogP contribution < -0.4 is 4.90 Å². The Morgan fingerprint density at radius 1 is 1.20 bits per heavy atom. The summed E-state index contributed by atoms with van der Waals surface area (Å²) in [5, 5.41) is 9.34. The number of fused-ring (bicyclic) bond motifs is 1. The van der Waals surface area contributed by atoms with Crippen molar-refractivity contribution in [2.45, 2.75) is 32.1 Å². The Kier molecular flexibility index (Phi) is 4.68. The average Bonchev–Trinajstić information content (AvgIpc) is 3.23. The van der Waals surface area contributed by atoms with Gasteiger partial charge in [0.05, 0.1) is 5.56 Å². The number of pyridine rings is 1. The van der Waals surface area contributed by atoms with E-state index in [1.165, 1.54) is 19.3 Å². The molecule has 6 heteroatoms. The van der Waals surface area contributed by atoms with Crippen LogP contribution in [0.15, 0.2) is 16.7 Å². The van der Waals surface area contributed by atoms with Crippen LogP contribution >= 0.6 is 15.9 Å². The zero-order valence-electron chi connectivity index (χ0n) is 14.3. The van der Waals surface area contributed by atoms with E-state index < -0.39 is 0 Å². The predicted molar refractivity (Wildman–Crippen MR) is 99.0 cm³/mol. The fraction of sp³-hybridized carbons (Fsp3) is 0.632. The molecule has 25 heavy (non-hydrogen) atoms. The normalized spacial score (nSPS) is 26.6. The van der Waals surface area contributed by atoms with Gasteiger partial charge in [0.2, 0.25) is 5.91 Å². The van der Waals surface area contributed by atoms with Crippen LogP contribution in [0.5, 0.6) is 0 Å². The lowest BCUT2D eigenvalue weighted by atomic mass is 9.95. The third-order valence-electron chi connectivity index (χ3n) is 6.14. The maximum atomic E-state index is 12.9. The van der Waals surface area contributed by atoms with Crippen LogP contribution in [0, 0.1) is 29.1 Å². The quantitative estimate of drug-likeness (QED) is 0.761. The molecule has 1 aliphatic carbocycles. The number of hydrogen-bond donors (Lipinski definition) is 0. The minimum Gasteiger partial charge on any atom is -0.355 e. The number of piperidine rings is 1. The van der Waals surface area contributed by atoms with E-state index in [1.54, 1.807) is 6.20 Å². The largest absolute Gasteiger partial charge is 0.355 e. The number of anilines is 1.